The Kier molecular flexibility index (Phi) is 3.64. The lowest BCUT2D eigenvalue weighted by atomic mass is 10.1. The molecule has 1 aromatic carbocycles. The smallest absolute Gasteiger partial charge is 0.330 e. The fourth-order valence-electron chi connectivity index (χ4n) is 1.75. The van der Waals surface area contributed by atoms with Crippen LogP contribution in [-0.4, -0.2) is 17.6 Å². The standard InChI is InChI=1S/C13H19N3O/c1-10(12-5-3-2-4-6-12)15-13(17)16(14)9-11-7-8-11/h2-6,10-11H,7-9,14H2,1H3,(H,15,17)/t10-/m0/s1. The molecule has 0 bridgehead atoms. The van der Waals surface area contributed by atoms with Gasteiger partial charge in [-0.3, -0.25) is 5.01 Å². The summed E-state index contributed by atoms with van der Waals surface area (Å²) in [6.45, 7) is 2.62. The van der Waals surface area contributed by atoms with E-state index in [9.17, 15) is 4.79 Å². The number of hydrogen-bond donors (Lipinski definition) is 2. The van der Waals surface area contributed by atoms with E-state index in [1.165, 1.54) is 17.9 Å². The van der Waals surface area contributed by atoms with Crippen molar-refractivity contribution in [3.05, 3.63) is 35.9 Å². The van der Waals surface area contributed by atoms with Crippen molar-refractivity contribution in [3.63, 3.8) is 0 Å². The lowest BCUT2D eigenvalue weighted by Gasteiger charge is -2.21. The van der Waals surface area contributed by atoms with Gasteiger partial charge in [0.25, 0.3) is 0 Å². The van der Waals surface area contributed by atoms with Crippen LogP contribution < -0.4 is 11.2 Å². The van der Waals surface area contributed by atoms with Crippen LogP contribution in [0.3, 0.4) is 0 Å². The summed E-state index contributed by atoms with van der Waals surface area (Å²) in [5, 5.41) is 4.18. The number of nitrogens with two attached hydrogens (primary N) is 1. The number of hydrogen-bond acceptors (Lipinski definition) is 2. The lowest BCUT2D eigenvalue weighted by Crippen LogP contribution is -2.46. The fraction of sp³-hybridized carbons (Fsp3) is 0.462. The second-order valence-electron chi connectivity index (χ2n) is 4.68. The molecule has 3 N–H and O–H groups in total. The first-order valence-electron chi connectivity index (χ1n) is 6.04. The minimum Gasteiger partial charge on any atom is -0.330 e. The Morgan fingerprint density at radius 2 is 2.12 bits per heavy atom. The molecule has 1 atom stereocenters. The molecule has 2 rings (SSSR count). The van der Waals surface area contributed by atoms with Gasteiger partial charge in [0, 0.05) is 6.54 Å². The number of nitrogens with one attached hydrogen (secondary N) is 1. The minimum absolute atomic E-state index is 0.0195. The summed E-state index contributed by atoms with van der Waals surface area (Å²) in [5.74, 6) is 6.31. The molecule has 17 heavy (non-hydrogen) atoms. The topological polar surface area (TPSA) is 58.4 Å². The van der Waals surface area contributed by atoms with E-state index in [1.807, 2.05) is 37.3 Å². The Hall–Kier alpha value is -1.55. The van der Waals surface area contributed by atoms with Crippen LogP contribution in [0.25, 0.3) is 0 Å². The Bertz CT molecular complexity index is 376. The molecular weight excluding hydrogens is 214 g/mol. The van der Waals surface area contributed by atoms with E-state index >= 15 is 0 Å². The zero-order valence-corrected chi connectivity index (χ0v) is 10.1. The molecule has 2 amide bonds. The predicted octanol–water partition coefficient (Wildman–Crippen LogP) is 2.04. The van der Waals surface area contributed by atoms with Crippen LogP contribution in [0.4, 0.5) is 4.79 Å². The van der Waals surface area contributed by atoms with E-state index in [0.717, 1.165) is 5.56 Å². The van der Waals surface area contributed by atoms with Crippen LogP contribution in [0.2, 0.25) is 0 Å². The summed E-state index contributed by atoms with van der Waals surface area (Å²) in [5.41, 5.74) is 1.08. The van der Waals surface area contributed by atoms with Gasteiger partial charge >= 0.3 is 6.03 Å². The normalized spacial score (nSPS) is 16.4. The van der Waals surface area contributed by atoms with Gasteiger partial charge in [-0.2, -0.15) is 0 Å². The zero-order valence-electron chi connectivity index (χ0n) is 10.1. The molecule has 0 radical (unpaired) electrons. The molecule has 92 valence electrons. The van der Waals surface area contributed by atoms with E-state index in [4.69, 9.17) is 5.84 Å². The van der Waals surface area contributed by atoms with Gasteiger partial charge in [0.2, 0.25) is 0 Å². The summed E-state index contributed by atoms with van der Waals surface area (Å²) in [6.07, 6.45) is 2.38. The van der Waals surface area contributed by atoms with Crippen LogP contribution in [0.5, 0.6) is 0 Å². The highest BCUT2D eigenvalue weighted by molar-refractivity contribution is 5.74. The summed E-state index contributed by atoms with van der Waals surface area (Å²) < 4.78 is 0. The average molecular weight is 233 g/mol. The summed E-state index contributed by atoms with van der Waals surface area (Å²) in [4.78, 5) is 11.8. The van der Waals surface area contributed by atoms with E-state index in [2.05, 4.69) is 5.32 Å². The minimum atomic E-state index is -0.201. The van der Waals surface area contributed by atoms with Gasteiger partial charge in [-0.1, -0.05) is 30.3 Å². The highest BCUT2D eigenvalue weighted by Gasteiger charge is 2.25. The van der Waals surface area contributed by atoms with Crippen LogP contribution in [0.1, 0.15) is 31.4 Å². The molecule has 4 heteroatoms. The molecule has 1 aliphatic carbocycles. The third kappa shape index (κ3) is 3.46. The van der Waals surface area contributed by atoms with Crippen LogP contribution in [-0.2, 0) is 0 Å². The fourth-order valence-corrected chi connectivity index (χ4v) is 1.75. The van der Waals surface area contributed by atoms with E-state index in [0.29, 0.717) is 12.5 Å². The number of benzene rings is 1. The maximum atomic E-state index is 11.8. The largest absolute Gasteiger partial charge is 0.332 e. The van der Waals surface area contributed by atoms with Crippen LogP contribution in [0.15, 0.2) is 30.3 Å². The van der Waals surface area contributed by atoms with Crippen molar-refractivity contribution < 1.29 is 4.79 Å². The predicted molar refractivity (Wildman–Crippen MR) is 67.0 cm³/mol. The first-order valence-corrected chi connectivity index (χ1v) is 6.04. The van der Waals surface area contributed by atoms with Crippen molar-refractivity contribution >= 4 is 6.03 Å². The van der Waals surface area contributed by atoms with Gasteiger partial charge in [0.1, 0.15) is 0 Å². The molecular formula is C13H19N3O. The highest BCUT2D eigenvalue weighted by atomic mass is 16.2. The summed E-state index contributed by atoms with van der Waals surface area (Å²) in [6, 6.07) is 9.65. The first kappa shape index (κ1) is 11.9. The van der Waals surface area contributed by atoms with Crippen LogP contribution in [0, 0.1) is 5.92 Å². The molecule has 0 unspecified atom stereocenters. The van der Waals surface area contributed by atoms with E-state index < -0.39 is 0 Å². The molecule has 1 saturated carbocycles. The van der Waals surface area contributed by atoms with Gasteiger partial charge < -0.3 is 5.32 Å². The third-order valence-electron chi connectivity index (χ3n) is 3.05. The summed E-state index contributed by atoms with van der Waals surface area (Å²) >= 11 is 0. The Morgan fingerprint density at radius 3 is 2.71 bits per heavy atom. The Balaban J connectivity index is 1.85. The van der Waals surface area contributed by atoms with Gasteiger partial charge in [-0.15, -0.1) is 0 Å². The molecule has 0 spiro atoms. The van der Waals surface area contributed by atoms with Crippen LogP contribution >= 0.6 is 0 Å². The molecule has 0 aromatic heterocycles. The molecule has 0 heterocycles. The first-order chi connectivity index (χ1) is 8.16. The molecule has 4 nitrogen and oxygen atoms in total. The molecule has 1 aromatic rings. The number of urea groups is 1. The van der Waals surface area contributed by atoms with Crippen molar-refractivity contribution in [3.8, 4) is 0 Å². The number of carbonyl (C=O) groups is 1. The molecule has 1 fully saturated rings. The average Bonchev–Trinajstić information content (AvgIpc) is 3.14. The SMILES string of the molecule is C[C@H](NC(=O)N(N)CC1CC1)c1ccccc1. The van der Waals surface area contributed by atoms with Gasteiger partial charge in [-0.25, -0.2) is 10.6 Å². The van der Waals surface area contributed by atoms with Gasteiger partial charge in [0.05, 0.1) is 6.04 Å². The number of rotatable bonds is 4. The van der Waals surface area contributed by atoms with Gasteiger partial charge in [-0.05, 0) is 31.2 Å². The third-order valence-corrected chi connectivity index (χ3v) is 3.05. The van der Waals surface area contributed by atoms with Crippen molar-refractivity contribution in [2.75, 3.05) is 6.54 Å². The second kappa shape index (κ2) is 5.19. The van der Waals surface area contributed by atoms with Gasteiger partial charge in [0.15, 0.2) is 0 Å². The maximum absolute atomic E-state index is 11.8. The molecule has 1 aliphatic rings. The number of hydrazine groups is 1. The number of amides is 2. The second-order valence-corrected chi connectivity index (χ2v) is 4.68. The van der Waals surface area contributed by atoms with Crippen molar-refractivity contribution in [1.29, 1.82) is 0 Å². The highest BCUT2D eigenvalue weighted by Crippen LogP contribution is 2.29. The number of carbonyl (C=O) groups excluding carboxylic acids is 1. The quantitative estimate of drug-likeness (QED) is 0.475. The Labute approximate surface area is 102 Å². The van der Waals surface area contributed by atoms with E-state index in [-0.39, 0.29) is 12.1 Å². The zero-order chi connectivity index (χ0) is 12.3. The monoisotopic (exact) mass is 233 g/mol. The Morgan fingerprint density at radius 1 is 1.47 bits per heavy atom. The van der Waals surface area contributed by atoms with Crippen molar-refractivity contribution in [2.45, 2.75) is 25.8 Å². The molecule has 0 saturated heterocycles. The number of nitrogens with zero attached hydrogens (tertiary/aromatic N) is 1. The molecule has 0 aliphatic heterocycles. The summed E-state index contributed by atoms with van der Waals surface area (Å²) in [7, 11) is 0. The van der Waals surface area contributed by atoms with E-state index in [1.54, 1.807) is 0 Å². The lowest BCUT2D eigenvalue weighted by molar-refractivity contribution is 0.193. The maximum Gasteiger partial charge on any atom is 0.332 e. The van der Waals surface area contributed by atoms with Crippen molar-refractivity contribution in [1.82, 2.24) is 10.3 Å². The van der Waals surface area contributed by atoms with Crippen molar-refractivity contribution in [2.24, 2.45) is 11.8 Å².